The number of piperidine rings is 1. The lowest BCUT2D eigenvalue weighted by atomic mass is 10.00. The van der Waals surface area contributed by atoms with Crippen LogP contribution in [-0.4, -0.2) is 51.1 Å². The molecule has 3 amide bonds. The number of nitrogens with one attached hydrogen (secondary N) is 2. The standard InChI is InChI=1S/C20H30N6O3S/c1-13(2)21-18(28)22-17(27)15(4)30-20-24-23-19(25-9-7-14(3)8-10-25)26(20)12-16-6-5-11-29-16/h5-6,11,13-15H,7-10,12H2,1-4H3,(H2,21,22,27,28). The first-order chi connectivity index (χ1) is 14.3. The van der Waals surface area contributed by atoms with Crippen LogP contribution in [0.15, 0.2) is 28.0 Å². The Kier molecular flexibility index (Phi) is 7.41. The molecule has 0 aromatic carbocycles. The fourth-order valence-electron chi connectivity index (χ4n) is 3.23. The number of urea groups is 1. The van der Waals surface area contributed by atoms with E-state index in [0.717, 1.165) is 37.6 Å². The van der Waals surface area contributed by atoms with Crippen LogP contribution in [0.2, 0.25) is 0 Å². The summed E-state index contributed by atoms with van der Waals surface area (Å²) in [4.78, 5) is 26.5. The number of thioether (sulfide) groups is 1. The van der Waals surface area contributed by atoms with Gasteiger partial charge in [-0.3, -0.25) is 14.7 Å². The van der Waals surface area contributed by atoms with Crippen molar-refractivity contribution in [1.29, 1.82) is 0 Å². The van der Waals surface area contributed by atoms with Crippen LogP contribution in [0.4, 0.5) is 10.7 Å². The van der Waals surface area contributed by atoms with Crippen molar-refractivity contribution in [3.63, 3.8) is 0 Å². The summed E-state index contributed by atoms with van der Waals surface area (Å²) in [5, 5.41) is 13.9. The van der Waals surface area contributed by atoms with Gasteiger partial charge in [-0.1, -0.05) is 18.7 Å². The molecule has 0 spiro atoms. The third kappa shape index (κ3) is 5.78. The Morgan fingerprint density at radius 3 is 2.63 bits per heavy atom. The summed E-state index contributed by atoms with van der Waals surface area (Å²) in [6, 6.07) is 3.20. The predicted molar refractivity (Wildman–Crippen MR) is 116 cm³/mol. The highest BCUT2D eigenvalue weighted by Crippen LogP contribution is 2.29. The molecule has 1 unspecified atom stereocenters. The van der Waals surface area contributed by atoms with Gasteiger partial charge in [-0.25, -0.2) is 4.79 Å². The van der Waals surface area contributed by atoms with Crippen LogP contribution in [-0.2, 0) is 11.3 Å². The Labute approximate surface area is 181 Å². The van der Waals surface area contributed by atoms with Gasteiger partial charge in [0.15, 0.2) is 5.16 Å². The average molecular weight is 435 g/mol. The molecule has 0 saturated carbocycles. The van der Waals surface area contributed by atoms with Crippen LogP contribution < -0.4 is 15.5 Å². The van der Waals surface area contributed by atoms with Crippen molar-refractivity contribution in [2.45, 2.75) is 63.5 Å². The molecular weight excluding hydrogens is 404 g/mol. The summed E-state index contributed by atoms with van der Waals surface area (Å²) in [5.41, 5.74) is 0. The fourth-order valence-corrected chi connectivity index (χ4v) is 4.07. The van der Waals surface area contributed by atoms with Crippen molar-refractivity contribution in [2.75, 3.05) is 18.0 Å². The quantitative estimate of drug-likeness (QED) is 0.646. The molecule has 3 rings (SSSR count). The number of nitrogens with zero attached hydrogens (tertiary/aromatic N) is 4. The smallest absolute Gasteiger partial charge is 0.321 e. The van der Waals surface area contributed by atoms with Gasteiger partial charge >= 0.3 is 6.03 Å². The predicted octanol–water partition coefficient (Wildman–Crippen LogP) is 2.87. The second-order valence-corrected chi connectivity index (χ2v) is 9.30. The molecule has 2 aromatic heterocycles. The first-order valence-corrected chi connectivity index (χ1v) is 11.2. The Hall–Kier alpha value is -2.49. The van der Waals surface area contributed by atoms with Crippen molar-refractivity contribution in [1.82, 2.24) is 25.4 Å². The summed E-state index contributed by atoms with van der Waals surface area (Å²) in [6.07, 6.45) is 3.86. The number of anilines is 1. The van der Waals surface area contributed by atoms with E-state index in [0.29, 0.717) is 17.6 Å². The van der Waals surface area contributed by atoms with E-state index in [9.17, 15) is 9.59 Å². The van der Waals surface area contributed by atoms with Crippen LogP contribution in [0.3, 0.4) is 0 Å². The van der Waals surface area contributed by atoms with Crippen LogP contribution in [0.1, 0.15) is 46.3 Å². The van der Waals surface area contributed by atoms with Gasteiger partial charge in [0.25, 0.3) is 0 Å². The summed E-state index contributed by atoms with van der Waals surface area (Å²) in [5.74, 6) is 1.90. The third-order valence-electron chi connectivity index (χ3n) is 4.97. The molecule has 1 fully saturated rings. The van der Waals surface area contributed by atoms with Gasteiger partial charge in [0, 0.05) is 19.1 Å². The first kappa shape index (κ1) is 22.2. The fraction of sp³-hybridized carbons (Fsp3) is 0.600. The molecule has 10 heteroatoms. The van der Waals surface area contributed by atoms with E-state index in [1.807, 2.05) is 30.5 Å². The second-order valence-electron chi connectivity index (χ2n) is 8.00. The lowest BCUT2D eigenvalue weighted by Gasteiger charge is -2.31. The zero-order valence-electron chi connectivity index (χ0n) is 17.9. The molecule has 30 heavy (non-hydrogen) atoms. The van der Waals surface area contributed by atoms with Gasteiger partial charge in [0.05, 0.1) is 18.1 Å². The molecule has 1 aliphatic rings. The van der Waals surface area contributed by atoms with E-state index in [-0.39, 0.29) is 11.9 Å². The Morgan fingerprint density at radius 1 is 1.27 bits per heavy atom. The van der Waals surface area contributed by atoms with Crippen LogP contribution in [0.5, 0.6) is 0 Å². The number of carbonyl (C=O) groups excluding carboxylic acids is 2. The number of aromatic nitrogens is 3. The highest BCUT2D eigenvalue weighted by Gasteiger charge is 2.26. The molecule has 0 bridgehead atoms. The van der Waals surface area contributed by atoms with E-state index < -0.39 is 11.3 Å². The van der Waals surface area contributed by atoms with Crippen molar-refractivity contribution in [3.8, 4) is 0 Å². The summed E-state index contributed by atoms with van der Waals surface area (Å²) < 4.78 is 7.51. The zero-order chi connectivity index (χ0) is 21.7. The van der Waals surface area contributed by atoms with Gasteiger partial charge in [0.2, 0.25) is 11.9 Å². The average Bonchev–Trinajstić information content (AvgIpc) is 3.33. The maximum absolute atomic E-state index is 12.4. The number of hydrogen-bond donors (Lipinski definition) is 2. The minimum Gasteiger partial charge on any atom is -0.467 e. The molecule has 3 heterocycles. The van der Waals surface area contributed by atoms with Crippen molar-refractivity contribution in [3.05, 3.63) is 24.2 Å². The molecular formula is C20H30N6O3S. The van der Waals surface area contributed by atoms with E-state index in [4.69, 9.17) is 4.42 Å². The third-order valence-corrected chi connectivity index (χ3v) is 6.05. The Balaban J connectivity index is 1.74. The second kappa shape index (κ2) is 10.0. The largest absolute Gasteiger partial charge is 0.467 e. The molecule has 2 aromatic rings. The monoisotopic (exact) mass is 434 g/mol. The Bertz CT molecular complexity index is 843. The molecule has 0 radical (unpaired) electrons. The van der Waals surface area contributed by atoms with E-state index >= 15 is 0 Å². The van der Waals surface area contributed by atoms with E-state index in [1.165, 1.54) is 11.8 Å². The van der Waals surface area contributed by atoms with Crippen LogP contribution in [0, 0.1) is 5.92 Å². The van der Waals surface area contributed by atoms with Crippen LogP contribution >= 0.6 is 11.8 Å². The van der Waals surface area contributed by atoms with Crippen molar-refractivity contribution < 1.29 is 14.0 Å². The SMILES string of the molecule is CC1CCN(c2nnc(SC(C)C(=O)NC(=O)NC(C)C)n2Cc2ccco2)CC1. The van der Waals surface area contributed by atoms with Gasteiger partial charge in [-0.05, 0) is 51.7 Å². The molecule has 1 aliphatic heterocycles. The van der Waals surface area contributed by atoms with Gasteiger partial charge in [-0.15, -0.1) is 10.2 Å². The normalized spacial score (nSPS) is 16.0. The van der Waals surface area contributed by atoms with Gasteiger partial charge in [0.1, 0.15) is 5.76 Å². The summed E-state index contributed by atoms with van der Waals surface area (Å²) in [6.45, 7) is 10.0. The van der Waals surface area contributed by atoms with Crippen molar-refractivity contribution >= 4 is 29.6 Å². The number of hydrogen-bond acceptors (Lipinski definition) is 7. The zero-order valence-corrected chi connectivity index (χ0v) is 18.7. The van der Waals surface area contributed by atoms with Crippen LogP contribution in [0.25, 0.3) is 0 Å². The van der Waals surface area contributed by atoms with Crippen molar-refractivity contribution in [2.24, 2.45) is 5.92 Å². The highest BCUT2D eigenvalue weighted by molar-refractivity contribution is 8.00. The summed E-state index contributed by atoms with van der Waals surface area (Å²) >= 11 is 1.28. The molecule has 2 N–H and O–H groups in total. The minimum atomic E-state index is -0.517. The molecule has 0 aliphatic carbocycles. The van der Waals surface area contributed by atoms with E-state index in [1.54, 1.807) is 13.2 Å². The molecule has 9 nitrogen and oxygen atoms in total. The number of rotatable bonds is 7. The lowest BCUT2D eigenvalue weighted by molar-refractivity contribution is -0.119. The molecule has 1 atom stereocenters. The first-order valence-electron chi connectivity index (χ1n) is 10.3. The lowest BCUT2D eigenvalue weighted by Crippen LogP contribution is -2.45. The number of imide groups is 1. The number of amides is 3. The highest BCUT2D eigenvalue weighted by atomic mass is 32.2. The van der Waals surface area contributed by atoms with Gasteiger partial charge in [-0.2, -0.15) is 0 Å². The van der Waals surface area contributed by atoms with E-state index in [2.05, 4.69) is 32.7 Å². The maximum Gasteiger partial charge on any atom is 0.321 e. The molecule has 164 valence electrons. The summed E-state index contributed by atoms with van der Waals surface area (Å²) in [7, 11) is 0. The maximum atomic E-state index is 12.4. The topological polar surface area (TPSA) is 105 Å². The minimum absolute atomic E-state index is 0.0491. The van der Waals surface area contributed by atoms with Gasteiger partial charge < -0.3 is 14.6 Å². The molecule has 1 saturated heterocycles. The number of furan rings is 1. The Morgan fingerprint density at radius 2 is 2.00 bits per heavy atom. The number of carbonyl (C=O) groups is 2.